The van der Waals surface area contributed by atoms with Crippen LogP contribution >= 0.6 is 22.9 Å². The van der Waals surface area contributed by atoms with E-state index in [1.54, 1.807) is 16.0 Å². The summed E-state index contributed by atoms with van der Waals surface area (Å²) in [4.78, 5) is 2.49. The van der Waals surface area contributed by atoms with Gasteiger partial charge in [-0.05, 0) is 36.2 Å². The first-order chi connectivity index (χ1) is 10.1. The molecule has 3 nitrogen and oxygen atoms in total. The summed E-state index contributed by atoms with van der Waals surface area (Å²) in [6.45, 7) is 2.16. The highest BCUT2D eigenvalue weighted by molar-refractivity contribution is 7.15. The number of halogens is 1. The summed E-state index contributed by atoms with van der Waals surface area (Å²) in [5, 5.41) is 5.31. The molecule has 108 valence electrons. The van der Waals surface area contributed by atoms with Crippen LogP contribution in [0.3, 0.4) is 0 Å². The molecule has 0 bridgehead atoms. The Morgan fingerprint density at radius 3 is 2.52 bits per heavy atom. The van der Waals surface area contributed by atoms with Crippen LogP contribution in [0.4, 0.5) is 5.82 Å². The standard InChI is InChI=1S/C16H16ClN3S/c1-3-12-8-9-13(21-12)15-14(16(18)20(2)19-15)10-4-6-11(17)7-5-10/h4-9H,3,18H2,1-2H3. The lowest BCUT2D eigenvalue weighted by Crippen LogP contribution is -1.97. The number of nitrogen functional groups attached to an aromatic ring is 1. The minimum atomic E-state index is 0.666. The van der Waals surface area contributed by atoms with Crippen LogP contribution in [-0.4, -0.2) is 9.78 Å². The molecule has 0 fully saturated rings. The highest BCUT2D eigenvalue weighted by atomic mass is 35.5. The Balaban J connectivity index is 2.17. The minimum Gasteiger partial charge on any atom is -0.383 e. The summed E-state index contributed by atoms with van der Waals surface area (Å²) in [6, 6.07) is 12.0. The van der Waals surface area contributed by atoms with E-state index in [0.29, 0.717) is 10.8 Å². The zero-order chi connectivity index (χ0) is 15.0. The Bertz CT molecular complexity index is 771. The Kier molecular flexibility index (Phi) is 3.74. The van der Waals surface area contributed by atoms with Gasteiger partial charge in [-0.25, -0.2) is 0 Å². The van der Waals surface area contributed by atoms with Crippen LogP contribution in [-0.2, 0) is 13.5 Å². The molecule has 0 atom stereocenters. The molecule has 2 aromatic heterocycles. The van der Waals surface area contributed by atoms with E-state index >= 15 is 0 Å². The van der Waals surface area contributed by atoms with E-state index < -0.39 is 0 Å². The second kappa shape index (κ2) is 5.54. The Morgan fingerprint density at radius 2 is 1.90 bits per heavy atom. The fourth-order valence-corrected chi connectivity index (χ4v) is 3.37. The lowest BCUT2D eigenvalue weighted by molar-refractivity contribution is 0.783. The van der Waals surface area contributed by atoms with Crippen LogP contribution in [0.25, 0.3) is 21.7 Å². The third-order valence-corrected chi connectivity index (χ3v) is 4.96. The van der Waals surface area contributed by atoms with E-state index in [-0.39, 0.29) is 0 Å². The Morgan fingerprint density at radius 1 is 1.19 bits per heavy atom. The molecule has 21 heavy (non-hydrogen) atoms. The summed E-state index contributed by atoms with van der Waals surface area (Å²) in [6.07, 6.45) is 1.03. The maximum atomic E-state index is 6.22. The lowest BCUT2D eigenvalue weighted by Gasteiger charge is -2.03. The molecule has 0 radical (unpaired) electrons. The number of hydrogen-bond acceptors (Lipinski definition) is 3. The highest BCUT2D eigenvalue weighted by Gasteiger charge is 2.18. The predicted molar refractivity (Wildman–Crippen MR) is 90.8 cm³/mol. The monoisotopic (exact) mass is 317 g/mol. The number of aromatic nitrogens is 2. The molecule has 0 amide bonds. The number of thiophene rings is 1. The predicted octanol–water partition coefficient (Wildman–Crippen LogP) is 4.61. The van der Waals surface area contributed by atoms with Gasteiger partial charge in [0.25, 0.3) is 0 Å². The van der Waals surface area contributed by atoms with Crippen molar-refractivity contribution in [3.63, 3.8) is 0 Å². The molecule has 0 aliphatic carbocycles. The number of rotatable bonds is 3. The van der Waals surface area contributed by atoms with Crippen LogP contribution in [0.5, 0.6) is 0 Å². The molecule has 3 aromatic rings. The van der Waals surface area contributed by atoms with Gasteiger partial charge < -0.3 is 5.73 Å². The van der Waals surface area contributed by atoms with Crippen LogP contribution in [0.2, 0.25) is 5.02 Å². The fourth-order valence-electron chi connectivity index (χ4n) is 2.31. The largest absolute Gasteiger partial charge is 0.383 e. The van der Waals surface area contributed by atoms with Crippen molar-refractivity contribution in [2.45, 2.75) is 13.3 Å². The first kappa shape index (κ1) is 14.2. The van der Waals surface area contributed by atoms with Crippen molar-refractivity contribution in [2.75, 3.05) is 5.73 Å². The van der Waals surface area contributed by atoms with E-state index in [9.17, 15) is 0 Å². The van der Waals surface area contributed by atoms with Gasteiger partial charge >= 0.3 is 0 Å². The maximum Gasteiger partial charge on any atom is 0.129 e. The lowest BCUT2D eigenvalue weighted by atomic mass is 10.0. The first-order valence-electron chi connectivity index (χ1n) is 6.77. The van der Waals surface area contributed by atoms with Crippen LogP contribution in [0.15, 0.2) is 36.4 Å². The van der Waals surface area contributed by atoms with Crippen LogP contribution in [0.1, 0.15) is 11.8 Å². The molecule has 1 aromatic carbocycles. The quantitative estimate of drug-likeness (QED) is 0.766. The molecule has 0 aliphatic heterocycles. The highest BCUT2D eigenvalue weighted by Crippen LogP contribution is 2.39. The molecule has 5 heteroatoms. The van der Waals surface area contributed by atoms with E-state index in [0.717, 1.165) is 28.1 Å². The molecule has 0 saturated carbocycles. The van der Waals surface area contributed by atoms with Gasteiger partial charge in [0, 0.05) is 16.9 Å². The van der Waals surface area contributed by atoms with Crippen LogP contribution in [0, 0.1) is 0 Å². The number of anilines is 1. The van der Waals surface area contributed by atoms with Crippen molar-refractivity contribution in [3.8, 4) is 21.7 Å². The molecular weight excluding hydrogens is 302 g/mol. The summed E-state index contributed by atoms with van der Waals surface area (Å²) in [7, 11) is 1.87. The number of aryl methyl sites for hydroxylation is 2. The summed E-state index contributed by atoms with van der Waals surface area (Å²) < 4.78 is 1.73. The molecule has 3 rings (SSSR count). The molecule has 0 unspecified atom stereocenters. The second-order valence-electron chi connectivity index (χ2n) is 4.86. The van der Waals surface area contributed by atoms with Gasteiger partial charge in [-0.15, -0.1) is 11.3 Å². The molecule has 0 aliphatic rings. The second-order valence-corrected chi connectivity index (χ2v) is 6.46. The Hall–Kier alpha value is -1.78. The van der Waals surface area contributed by atoms with E-state index in [4.69, 9.17) is 17.3 Å². The van der Waals surface area contributed by atoms with Crippen molar-refractivity contribution < 1.29 is 0 Å². The SMILES string of the molecule is CCc1ccc(-c2nn(C)c(N)c2-c2ccc(Cl)cc2)s1. The number of nitrogens with zero attached hydrogens (tertiary/aromatic N) is 2. The molecular formula is C16H16ClN3S. The third-order valence-electron chi connectivity index (χ3n) is 3.47. The number of nitrogens with two attached hydrogens (primary N) is 1. The van der Waals surface area contributed by atoms with Gasteiger partial charge in [-0.1, -0.05) is 30.7 Å². The summed E-state index contributed by atoms with van der Waals surface area (Å²) >= 11 is 7.74. The molecule has 2 N–H and O–H groups in total. The van der Waals surface area contributed by atoms with Crippen molar-refractivity contribution in [2.24, 2.45) is 7.05 Å². The topological polar surface area (TPSA) is 43.8 Å². The van der Waals surface area contributed by atoms with E-state index in [1.165, 1.54) is 4.88 Å². The smallest absolute Gasteiger partial charge is 0.129 e. The molecule has 0 spiro atoms. The first-order valence-corrected chi connectivity index (χ1v) is 7.97. The zero-order valence-corrected chi connectivity index (χ0v) is 13.5. The number of hydrogen-bond donors (Lipinski definition) is 1. The van der Waals surface area contributed by atoms with Crippen molar-refractivity contribution in [1.29, 1.82) is 0 Å². The average molecular weight is 318 g/mol. The van der Waals surface area contributed by atoms with Gasteiger partial charge in [0.2, 0.25) is 0 Å². The third kappa shape index (κ3) is 2.57. The average Bonchev–Trinajstić information content (AvgIpc) is 3.06. The van der Waals surface area contributed by atoms with Gasteiger partial charge in [-0.2, -0.15) is 5.10 Å². The summed E-state index contributed by atoms with van der Waals surface area (Å²) in [5.41, 5.74) is 9.16. The number of benzene rings is 1. The molecule has 2 heterocycles. The van der Waals surface area contributed by atoms with Gasteiger partial charge in [0.05, 0.1) is 10.4 Å². The van der Waals surface area contributed by atoms with E-state index in [1.807, 2.05) is 31.3 Å². The van der Waals surface area contributed by atoms with Crippen LogP contribution < -0.4 is 5.73 Å². The van der Waals surface area contributed by atoms with Gasteiger partial charge in [0.1, 0.15) is 11.5 Å². The van der Waals surface area contributed by atoms with Crippen molar-refractivity contribution in [3.05, 3.63) is 46.3 Å². The molecule has 0 saturated heterocycles. The van der Waals surface area contributed by atoms with Crippen molar-refractivity contribution in [1.82, 2.24) is 9.78 Å². The fraction of sp³-hybridized carbons (Fsp3) is 0.188. The minimum absolute atomic E-state index is 0.666. The van der Waals surface area contributed by atoms with Crippen molar-refractivity contribution >= 4 is 28.8 Å². The summed E-state index contributed by atoms with van der Waals surface area (Å²) in [5.74, 6) is 0.666. The van der Waals surface area contributed by atoms with Gasteiger partial charge in [-0.3, -0.25) is 4.68 Å². The van der Waals surface area contributed by atoms with E-state index in [2.05, 4.69) is 24.2 Å². The van der Waals surface area contributed by atoms with Gasteiger partial charge in [0.15, 0.2) is 0 Å². The maximum absolute atomic E-state index is 6.22. The normalized spacial score (nSPS) is 11.0. The zero-order valence-electron chi connectivity index (χ0n) is 11.9. The Labute approximate surface area is 133 Å².